The normalized spacial score (nSPS) is 9.81. The summed E-state index contributed by atoms with van der Waals surface area (Å²) in [5, 5.41) is 2.56. The minimum atomic E-state index is -0.456. The summed E-state index contributed by atoms with van der Waals surface area (Å²) in [6.45, 7) is 0.208. The highest BCUT2D eigenvalue weighted by molar-refractivity contribution is 9.10. The molecule has 86 valence electrons. The zero-order valence-electron chi connectivity index (χ0n) is 8.50. The summed E-state index contributed by atoms with van der Waals surface area (Å²) in [4.78, 5) is 22.1. The smallest absolute Gasteiger partial charge is 0.253 e. The molecule has 1 aromatic carbocycles. The Labute approximate surface area is 101 Å². The van der Waals surface area contributed by atoms with Gasteiger partial charge >= 0.3 is 0 Å². The molecule has 0 fully saturated rings. The van der Waals surface area contributed by atoms with E-state index in [1.165, 1.54) is 0 Å². The Kier molecular flexibility index (Phi) is 4.30. The van der Waals surface area contributed by atoms with E-state index in [-0.39, 0.29) is 18.9 Å². The third-order valence-electron chi connectivity index (χ3n) is 1.92. The molecule has 0 bridgehead atoms. The number of rotatable bonds is 4. The second kappa shape index (κ2) is 5.50. The van der Waals surface area contributed by atoms with Gasteiger partial charge in [0.25, 0.3) is 5.91 Å². The number of benzene rings is 1. The molecule has 0 aliphatic rings. The molecular formula is C10H12BrN3O2. The molecule has 0 saturated heterocycles. The molecule has 1 rings (SSSR count). The number of nitrogens with one attached hydrogen (secondary N) is 1. The Hall–Kier alpha value is -1.56. The van der Waals surface area contributed by atoms with E-state index in [4.69, 9.17) is 11.5 Å². The van der Waals surface area contributed by atoms with Crippen LogP contribution in [-0.2, 0) is 4.79 Å². The molecule has 5 nitrogen and oxygen atoms in total. The highest BCUT2D eigenvalue weighted by atomic mass is 79.9. The summed E-state index contributed by atoms with van der Waals surface area (Å²) in [5.41, 5.74) is 11.4. The number of carbonyl (C=O) groups excluding carboxylic acids is 2. The van der Waals surface area contributed by atoms with E-state index in [1.807, 2.05) is 0 Å². The van der Waals surface area contributed by atoms with E-state index < -0.39 is 5.91 Å². The number of primary amides is 1. The van der Waals surface area contributed by atoms with Gasteiger partial charge in [0.2, 0.25) is 5.91 Å². The van der Waals surface area contributed by atoms with E-state index in [0.29, 0.717) is 11.3 Å². The van der Waals surface area contributed by atoms with Gasteiger partial charge in [-0.2, -0.15) is 0 Å². The highest BCUT2D eigenvalue weighted by Gasteiger charge is 2.09. The lowest BCUT2D eigenvalue weighted by Crippen LogP contribution is -2.28. The number of nitrogen functional groups attached to an aromatic ring is 1. The van der Waals surface area contributed by atoms with E-state index in [0.717, 1.165) is 4.47 Å². The highest BCUT2D eigenvalue weighted by Crippen LogP contribution is 2.18. The van der Waals surface area contributed by atoms with Gasteiger partial charge in [-0.15, -0.1) is 0 Å². The van der Waals surface area contributed by atoms with Crippen LogP contribution in [0.15, 0.2) is 22.7 Å². The van der Waals surface area contributed by atoms with Gasteiger partial charge in [0.15, 0.2) is 0 Å². The fraction of sp³-hybridized carbons (Fsp3) is 0.200. The SMILES string of the molecule is NC(=O)CCNC(=O)c1cc(Br)ccc1N. The Balaban J connectivity index is 2.65. The van der Waals surface area contributed by atoms with Crippen LogP contribution in [0.1, 0.15) is 16.8 Å². The molecule has 2 amide bonds. The summed E-state index contributed by atoms with van der Waals surface area (Å²) < 4.78 is 0.766. The number of nitrogens with two attached hydrogens (primary N) is 2. The summed E-state index contributed by atoms with van der Waals surface area (Å²) >= 11 is 3.25. The maximum absolute atomic E-state index is 11.6. The molecule has 6 heteroatoms. The third kappa shape index (κ3) is 3.54. The number of amides is 2. The van der Waals surface area contributed by atoms with E-state index in [9.17, 15) is 9.59 Å². The van der Waals surface area contributed by atoms with Crippen LogP contribution >= 0.6 is 15.9 Å². The number of anilines is 1. The Bertz CT molecular complexity index is 421. The van der Waals surface area contributed by atoms with Crippen molar-refractivity contribution in [1.82, 2.24) is 5.32 Å². The van der Waals surface area contributed by atoms with Crippen molar-refractivity contribution in [3.8, 4) is 0 Å². The monoisotopic (exact) mass is 285 g/mol. The number of hydrogen-bond acceptors (Lipinski definition) is 3. The molecule has 0 unspecified atom stereocenters. The third-order valence-corrected chi connectivity index (χ3v) is 2.41. The van der Waals surface area contributed by atoms with Gasteiger partial charge in [-0.05, 0) is 18.2 Å². The average Bonchev–Trinajstić information content (AvgIpc) is 2.21. The molecule has 0 spiro atoms. The molecule has 0 aliphatic carbocycles. The van der Waals surface area contributed by atoms with E-state index in [1.54, 1.807) is 18.2 Å². The van der Waals surface area contributed by atoms with E-state index in [2.05, 4.69) is 21.2 Å². The summed E-state index contributed by atoms with van der Waals surface area (Å²) in [6, 6.07) is 5.00. The van der Waals surface area contributed by atoms with Gasteiger partial charge in [-0.25, -0.2) is 0 Å². The topological polar surface area (TPSA) is 98.2 Å². The fourth-order valence-electron chi connectivity index (χ4n) is 1.12. The molecule has 16 heavy (non-hydrogen) atoms. The summed E-state index contributed by atoms with van der Waals surface area (Å²) in [6.07, 6.45) is 0.111. The predicted octanol–water partition coefficient (Wildman–Crippen LogP) is 0.636. The summed E-state index contributed by atoms with van der Waals surface area (Å²) in [7, 11) is 0. The van der Waals surface area contributed by atoms with Crippen LogP contribution in [0.4, 0.5) is 5.69 Å². The fourth-order valence-corrected chi connectivity index (χ4v) is 1.48. The van der Waals surface area contributed by atoms with Crippen molar-refractivity contribution in [1.29, 1.82) is 0 Å². The molecule has 0 heterocycles. The van der Waals surface area contributed by atoms with Gasteiger partial charge in [-0.3, -0.25) is 9.59 Å². The van der Waals surface area contributed by atoms with Gasteiger partial charge < -0.3 is 16.8 Å². The minimum Gasteiger partial charge on any atom is -0.398 e. The zero-order valence-corrected chi connectivity index (χ0v) is 10.1. The molecule has 0 atom stereocenters. The second-order valence-corrected chi connectivity index (χ2v) is 4.12. The first kappa shape index (κ1) is 12.5. The first-order valence-corrected chi connectivity index (χ1v) is 5.41. The number of halogens is 1. The van der Waals surface area contributed by atoms with Crippen LogP contribution in [0.3, 0.4) is 0 Å². The maximum Gasteiger partial charge on any atom is 0.253 e. The van der Waals surface area contributed by atoms with Crippen molar-refractivity contribution in [2.75, 3.05) is 12.3 Å². The molecule has 0 saturated carbocycles. The van der Waals surface area contributed by atoms with Crippen molar-refractivity contribution in [3.05, 3.63) is 28.2 Å². The van der Waals surface area contributed by atoms with Crippen LogP contribution in [0.25, 0.3) is 0 Å². The van der Waals surface area contributed by atoms with Crippen LogP contribution in [0.5, 0.6) is 0 Å². The van der Waals surface area contributed by atoms with Gasteiger partial charge in [0.05, 0.1) is 5.56 Å². The van der Waals surface area contributed by atoms with Crippen LogP contribution < -0.4 is 16.8 Å². The largest absolute Gasteiger partial charge is 0.398 e. The van der Waals surface area contributed by atoms with Crippen molar-refractivity contribution < 1.29 is 9.59 Å². The Morgan fingerprint density at radius 3 is 2.69 bits per heavy atom. The number of hydrogen-bond donors (Lipinski definition) is 3. The number of carbonyl (C=O) groups is 2. The lowest BCUT2D eigenvalue weighted by atomic mass is 10.1. The van der Waals surface area contributed by atoms with Crippen molar-refractivity contribution >= 4 is 33.4 Å². The first-order valence-electron chi connectivity index (χ1n) is 4.62. The molecule has 0 radical (unpaired) electrons. The lowest BCUT2D eigenvalue weighted by Gasteiger charge is -2.06. The van der Waals surface area contributed by atoms with Gasteiger partial charge in [0.1, 0.15) is 0 Å². The molecule has 1 aromatic rings. The Morgan fingerprint density at radius 1 is 1.38 bits per heavy atom. The molecular weight excluding hydrogens is 274 g/mol. The first-order chi connectivity index (χ1) is 7.50. The van der Waals surface area contributed by atoms with Crippen LogP contribution in [0, 0.1) is 0 Å². The van der Waals surface area contributed by atoms with Gasteiger partial charge in [0, 0.05) is 23.1 Å². The van der Waals surface area contributed by atoms with Crippen molar-refractivity contribution in [2.24, 2.45) is 5.73 Å². The standard InChI is InChI=1S/C10H12BrN3O2/c11-6-1-2-8(12)7(5-6)10(16)14-4-3-9(13)15/h1-2,5H,3-4,12H2,(H2,13,15)(H,14,16). The summed E-state index contributed by atoms with van der Waals surface area (Å²) in [5.74, 6) is -0.775. The predicted molar refractivity (Wildman–Crippen MR) is 64.7 cm³/mol. The quantitative estimate of drug-likeness (QED) is 0.708. The Morgan fingerprint density at radius 2 is 2.06 bits per heavy atom. The van der Waals surface area contributed by atoms with Crippen LogP contribution in [-0.4, -0.2) is 18.4 Å². The lowest BCUT2D eigenvalue weighted by molar-refractivity contribution is -0.117. The average molecular weight is 286 g/mol. The molecule has 5 N–H and O–H groups in total. The molecule has 0 aliphatic heterocycles. The second-order valence-electron chi connectivity index (χ2n) is 3.20. The van der Waals surface area contributed by atoms with Crippen LogP contribution in [0.2, 0.25) is 0 Å². The molecule has 0 aromatic heterocycles. The zero-order chi connectivity index (χ0) is 12.1. The van der Waals surface area contributed by atoms with Crippen molar-refractivity contribution in [2.45, 2.75) is 6.42 Å². The van der Waals surface area contributed by atoms with Gasteiger partial charge in [-0.1, -0.05) is 15.9 Å². The van der Waals surface area contributed by atoms with Crippen molar-refractivity contribution in [3.63, 3.8) is 0 Å². The van der Waals surface area contributed by atoms with E-state index >= 15 is 0 Å². The minimum absolute atomic E-state index is 0.111. The maximum atomic E-state index is 11.6.